The summed E-state index contributed by atoms with van der Waals surface area (Å²) in [5.41, 5.74) is 6.19. The van der Waals surface area contributed by atoms with Gasteiger partial charge in [-0.3, -0.25) is 0 Å². The molecule has 0 radical (unpaired) electrons. The largest absolute Gasteiger partial charge is 0.494 e. The zero-order valence-electron chi connectivity index (χ0n) is 6.02. The molecule has 0 saturated carbocycles. The molecule has 0 bridgehead atoms. The van der Waals surface area contributed by atoms with Crippen molar-refractivity contribution in [3.05, 3.63) is 11.6 Å². The lowest BCUT2D eigenvalue weighted by molar-refractivity contribution is 0.357. The van der Waals surface area contributed by atoms with E-state index in [4.69, 9.17) is 10.8 Å². The van der Waals surface area contributed by atoms with Gasteiger partial charge in [0.1, 0.15) is 6.17 Å². The van der Waals surface area contributed by atoms with Crippen LogP contribution in [0.5, 0.6) is 0 Å². The zero-order chi connectivity index (χ0) is 7.56. The zero-order valence-corrected chi connectivity index (χ0v) is 6.02. The second kappa shape index (κ2) is 2.79. The summed E-state index contributed by atoms with van der Waals surface area (Å²) in [6.07, 6.45) is 0.810. The third kappa shape index (κ3) is 1.16. The van der Waals surface area contributed by atoms with Crippen LogP contribution in [0.15, 0.2) is 11.6 Å². The van der Waals surface area contributed by atoms with Crippen molar-refractivity contribution in [3.63, 3.8) is 0 Å². The molecule has 0 amide bonds. The van der Waals surface area contributed by atoms with Crippen molar-refractivity contribution in [2.45, 2.75) is 19.5 Å². The van der Waals surface area contributed by atoms with Gasteiger partial charge < -0.3 is 21.5 Å². The standard InChI is InChI=1S/C6H13N3O/c1-2-4-6(10)9-5(3-7)8-4/h5,8-10H,2-3,7H2,1H3. The van der Waals surface area contributed by atoms with Crippen LogP contribution in [0, 0.1) is 0 Å². The van der Waals surface area contributed by atoms with E-state index < -0.39 is 0 Å². The third-order valence-corrected chi connectivity index (χ3v) is 1.53. The Balaban J connectivity index is 2.50. The molecule has 4 heteroatoms. The normalized spacial score (nSPS) is 24.4. The highest BCUT2D eigenvalue weighted by atomic mass is 16.3. The average molecular weight is 143 g/mol. The Bertz CT molecular complexity index is 155. The van der Waals surface area contributed by atoms with E-state index in [1.165, 1.54) is 0 Å². The number of hydrogen-bond donors (Lipinski definition) is 4. The maximum Gasteiger partial charge on any atom is 0.205 e. The minimum absolute atomic E-state index is 0.00921. The third-order valence-electron chi connectivity index (χ3n) is 1.53. The Morgan fingerprint density at radius 2 is 2.30 bits per heavy atom. The van der Waals surface area contributed by atoms with Crippen LogP contribution in [-0.4, -0.2) is 17.8 Å². The molecule has 0 aromatic rings. The van der Waals surface area contributed by atoms with Gasteiger partial charge in [-0.05, 0) is 6.42 Å². The maximum atomic E-state index is 9.14. The molecule has 1 heterocycles. The van der Waals surface area contributed by atoms with Gasteiger partial charge in [-0.15, -0.1) is 0 Å². The summed E-state index contributed by atoms with van der Waals surface area (Å²) in [5.74, 6) is 0.234. The van der Waals surface area contributed by atoms with Gasteiger partial charge in [-0.1, -0.05) is 6.92 Å². The van der Waals surface area contributed by atoms with E-state index >= 15 is 0 Å². The van der Waals surface area contributed by atoms with Crippen molar-refractivity contribution in [2.75, 3.05) is 6.54 Å². The summed E-state index contributed by atoms with van der Waals surface area (Å²) in [4.78, 5) is 0. The molecule has 0 spiro atoms. The van der Waals surface area contributed by atoms with Crippen LogP contribution in [0.3, 0.4) is 0 Å². The van der Waals surface area contributed by atoms with E-state index in [-0.39, 0.29) is 12.0 Å². The van der Waals surface area contributed by atoms with Crippen LogP contribution in [0.25, 0.3) is 0 Å². The minimum atomic E-state index is 0.00921. The van der Waals surface area contributed by atoms with E-state index in [0.29, 0.717) is 6.54 Å². The monoisotopic (exact) mass is 143 g/mol. The molecular formula is C6H13N3O. The lowest BCUT2D eigenvalue weighted by Crippen LogP contribution is -2.39. The molecule has 58 valence electrons. The number of nitrogens with two attached hydrogens (primary N) is 1. The first-order valence-electron chi connectivity index (χ1n) is 3.43. The fraction of sp³-hybridized carbons (Fsp3) is 0.667. The SMILES string of the molecule is CCC1=C(O)NC(CN)N1. The van der Waals surface area contributed by atoms with Crippen molar-refractivity contribution in [1.29, 1.82) is 0 Å². The Morgan fingerprint density at radius 1 is 1.60 bits per heavy atom. The lowest BCUT2D eigenvalue weighted by atomic mass is 10.3. The summed E-state index contributed by atoms with van der Waals surface area (Å²) >= 11 is 0. The van der Waals surface area contributed by atoms with Crippen LogP contribution in [0.2, 0.25) is 0 Å². The Kier molecular flexibility index (Phi) is 2.01. The topological polar surface area (TPSA) is 70.3 Å². The number of aliphatic hydroxyl groups excluding tert-OH is 1. The Labute approximate surface area is 60.1 Å². The molecule has 1 aliphatic heterocycles. The molecule has 1 aliphatic rings. The van der Waals surface area contributed by atoms with Gasteiger partial charge in [0.25, 0.3) is 0 Å². The molecule has 1 rings (SSSR count). The van der Waals surface area contributed by atoms with Gasteiger partial charge in [-0.25, -0.2) is 0 Å². The van der Waals surface area contributed by atoms with E-state index in [9.17, 15) is 0 Å². The first-order chi connectivity index (χ1) is 4.77. The van der Waals surface area contributed by atoms with Crippen LogP contribution < -0.4 is 16.4 Å². The predicted octanol–water partition coefficient (Wildman–Crippen LogP) is -0.399. The van der Waals surface area contributed by atoms with Crippen molar-refractivity contribution in [1.82, 2.24) is 10.6 Å². The molecule has 0 aromatic carbocycles. The minimum Gasteiger partial charge on any atom is -0.494 e. The van der Waals surface area contributed by atoms with Crippen molar-refractivity contribution < 1.29 is 5.11 Å². The van der Waals surface area contributed by atoms with Crippen LogP contribution in [-0.2, 0) is 0 Å². The van der Waals surface area contributed by atoms with Gasteiger partial charge in [0.15, 0.2) is 0 Å². The summed E-state index contributed by atoms with van der Waals surface area (Å²) < 4.78 is 0. The molecule has 0 aliphatic carbocycles. The number of aliphatic hydroxyl groups is 1. The first-order valence-corrected chi connectivity index (χ1v) is 3.43. The quantitative estimate of drug-likeness (QED) is 0.424. The van der Waals surface area contributed by atoms with E-state index in [1.807, 2.05) is 6.92 Å². The smallest absolute Gasteiger partial charge is 0.205 e. The number of allylic oxidation sites excluding steroid dienone is 1. The second-order valence-corrected chi connectivity index (χ2v) is 2.26. The number of nitrogens with one attached hydrogen (secondary N) is 2. The highest BCUT2D eigenvalue weighted by molar-refractivity contribution is 5.11. The molecule has 0 fully saturated rings. The molecule has 1 unspecified atom stereocenters. The predicted molar refractivity (Wildman–Crippen MR) is 39.1 cm³/mol. The lowest BCUT2D eigenvalue weighted by Gasteiger charge is -2.08. The molecule has 0 aromatic heterocycles. The molecule has 5 N–H and O–H groups in total. The van der Waals surface area contributed by atoms with Crippen molar-refractivity contribution >= 4 is 0 Å². The highest BCUT2D eigenvalue weighted by Crippen LogP contribution is 2.07. The second-order valence-electron chi connectivity index (χ2n) is 2.26. The van der Waals surface area contributed by atoms with E-state index in [1.54, 1.807) is 0 Å². The summed E-state index contributed by atoms with van der Waals surface area (Å²) in [7, 11) is 0. The molecule has 4 nitrogen and oxygen atoms in total. The van der Waals surface area contributed by atoms with Crippen LogP contribution in [0.1, 0.15) is 13.3 Å². The number of hydrogen-bond acceptors (Lipinski definition) is 4. The summed E-state index contributed by atoms with van der Waals surface area (Å²) in [5, 5.41) is 15.0. The van der Waals surface area contributed by atoms with E-state index in [2.05, 4.69) is 10.6 Å². The molecular weight excluding hydrogens is 130 g/mol. The van der Waals surface area contributed by atoms with Gasteiger partial charge in [0, 0.05) is 6.54 Å². The van der Waals surface area contributed by atoms with E-state index in [0.717, 1.165) is 12.1 Å². The summed E-state index contributed by atoms with van der Waals surface area (Å²) in [6.45, 7) is 2.45. The fourth-order valence-electron chi connectivity index (χ4n) is 0.954. The summed E-state index contributed by atoms with van der Waals surface area (Å²) in [6, 6.07) is 0. The Hall–Kier alpha value is -0.900. The van der Waals surface area contributed by atoms with Gasteiger partial charge in [-0.2, -0.15) is 0 Å². The molecule has 0 saturated heterocycles. The van der Waals surface area contributed by atoms with Crippen LogP contribution in [0.4, 0.5) is 0 Å². The first kappa shape index (κ1) is 7.21. The average Bonchev–Trinajstić information content (AvgIpc) is 2.30. The van der Waals surface area contributed by atoms with Gasteiger partial charge in [0.05, 0.1) is 5.70 Å². The Morgan fingerprint density at radius 3 is 2.60 bits per heavy atom. The van der Waals surface area contributed by atoms with Crippen molar-refractivity contribution in [3.8, 4) is 0 Å². The maximum absolute atomic E-state index is 9.14. The van der Waals surface area contributed by atoms with Crippen LogP contribution >= 0.6 is 0 Å². The molecule has 1 atom stereocenters. The van der Waals surface area contributed by atoms with Crippen molar-refractivity contribution in [2.24, 2.45) is 5.73 Å². The van der Waals surface area contributed by atoms with Gasteiger partial charge >= 0.3 is 0 Å². The fourth-order valence-corrected chi connectivity index (χ4v) is 0.954. The van der Waals surface area contributed by atoms with Gasteiger partial charge in [0.2, 0.25) is 5.88 Å². The molecule has 10 heavy (non-hydrogen) atoms. The number of rotatable bonds is 2. The highest BCUT2D eigenvalue weighted by Gasteiger charge is 2.18.